The summed E-state index contributed by atoms with van der Waals surface area (Å²) >= 11 is 1.66. The van der Waals surface area contributed by atoms with Crippen molar-refractivity contribution in [2.75, 3.05) is 13.2 Å². The second-order valence-electron chi connectivity index (χ2n) is 5.01. The van der Waals surface area contributed by atoms with Crippen LogP contribution in [-0.2, 0) is 16.7 Å². The Morgan fingerprint density at radius 2 is 2.20 bits per heavy atom. The van der Waals surface area contributed by atoms with E-state index in [9.17, 15) is 0 Å². The largest absolute Gasteiger partial charge is 0.379 e. The van der Waals surface area contributed by atoms with Crippen LogP contribution in [0.25, 0.3) is 10.8 Å². The highest BCUT2D eigenvalue weighted by molar-refractivity contribution is 7.15. The minimum absolute atomic E-state index is 0.379. The van der Waals surface area contributed by atoms with Crippen LogP contribution in [0, 0.1) is 0 Å². The molecule has 2 aromatic rings. The maximum Gasteiger partial charge on any atom is 0.268 e. The van der Waals surface area contributed by atoms with Gasteiger partial charge >= 0.3 is 0 Å². The molecular weight excluding hydrogens is 274 g/mol. The summed E-state index contributed by atoms with van der Waals surface area (Å²) in [6, 6.07) is 4.08. The normalized spacial score (nSPS) is 14.4. The molecule has 0 bridgehead atoms. The lowest BCUT2D eigenvalue weighted by Crippen LogP contribution is -2.39. The van der Waals surface area contributed by atoms with Crippen LogP contribution in [0.1, 0.15) is 37.9 Å². The molecule has 0 aliphatic heterocycles. The van der Waals surface area contributed by atoms with E-state index in [0.29, 0.717) is 24.9 Å². The third-order valence-electron chi connectivity index (χ3n) is 2.91. The van der Waals surface area contributed by atoms with Crippen molar-refractivity contribution in [2.24, 2.45) is 5.73 Å². The molecule has 0 aliphatic carbocycles. The van der Waals surface area contributed by atoms with E-state index >= 15 is 0 Å². The Balaban J connectivity index is 2.11. The van der Waals surface area contributed by atoms with Crippen molar-refractivity contribution in [2.45, 2.75) is 39.2 Å². The zero-order valence-electron chi connectivity index (χ0n) is 12.2. The zero-order chi connectivity index (χ0) is 14.6. The predicted molar refractivity (Wildman–Crippen MR) is 79.6 cm³/mol. The fourth-order valence-electron chi connectivity index (χ4n) is 1.73. The Hall–Kier alpha value is -1.24. The van der Waals surface area contributed by atoms with E-state index in [1.165, 1.54) is 4.88 Å². The number of ether oxygens (including phenoxy) is 1. The van der Waals surface area contributed by atoms with E-state index in [1.807, 2.05) is 13.0 Å². The molecule has 0 aliphatic rings. The van der Waals surface area contributed by atoms with Gasteiger partial charge in [-0.15, -0.1) is 11.3 Å². The van der Waals surface area contributed by atoms with Gasteiger partial charge in [0.05, 0.1) is 11.5 Å². The van der Waals surface area contributed by atoms with E-state index in [1.54, 1.807) is 11.3 Å². The van der Waals surface area contributed by atoms with Gasteiger partial charge in [-0.05, 0) is 31.9 Å². The molecular formula is C14H21N3O2S. The van der Waals surface area contributed by atoms with Gasteiger partial charge < -0.3 is 15.0 Å². The average Bonchev–Trinajstić information content (AvgIpc) is 3.07. The molecule has 1 atom stereocenters. The van der Waals surface area contributed by atoms with Crippen LogP contribution in [0.4, 0.5) is 0 Å². The molecule has 20 heavy (non-hydrogen) atoms. The lowest BCUT2D eigenvalue weighted by atomic mass is 10.1. The van der Waals surface area contributed by atoms with Crippen molar-refractivity contribution in [1.82, 2.24) is 10.1 Å². The summed E-state index contributed by atoms with van der Waals surface area (Å²) in [7, 11) is 0. The van der Waals surface area contributed by atoms with Gasteiger partial charge in [-0.25, -0.2) is 0 Å². The molecule has 5 nitrogen and oxygen atoms in total. The first-order chi connectivity index (χ1) is 9.56. The van der Waals surface area contributed by atoms with Crippen LogP contribution in [0.3, 0.4) is 0 Å². The molecule has 0 spiro atoms. The zero-order valence-corrected chi connectivity index (χ0v) is 13.0. The van der Waals surface area contributed by atoms with Gasteiger partial charge in [0.15, 0.2) is 5.82 Å². The first-order valence-corrected chi connectivity index (χ1v) is 7.68. The van der Waals surface area contributed by atoms with Crippen LogP contribution in [0.2, 0.25) is 0 Å². The highest BCUT2D eigenvalue weighted by Gasteiger charge is 2.28. The minimum Gasteiger partial charge on any atom is -0.379 e. The molecule has 110 valence electrons. The maximum atomic E-state index is 6.20. The van der Waals surface area contributed by atoms with Crippen molar-refractivity contribution in [3.05, 3.63) is 22.8 Å². The van der Waals surface area contributed by atoms with Crippen molar-refractivity contribution >= 4 is 11.3 Å². The topological polar surface area (TPSA) is 74.2 Å². The Bertz CT molecular complexity index is 548. The smallest absolute Gasteiger partial charge is 0.268 e. The van der Waals surface area contributed by atoms with Gasteiger partial charge in [-0.3, -0.25) is 0 Å². The molecule has 2 heterocycles. The number of nitrogens with two attached hydrogens (primary N) is 1. The summed E-state index contributed by atoms with van der Waals surface area (Å²) in [5.74, 6) is 1.01. The number of nitrogens with zero attached hydrogens (tertiary/aromatic N) is 2. The third kappa shape index (κ3) is 3.45. The fraction of sp³-hybridized carbons (Fsp3) is 0.571. The summed E-state index contributed by atoms with van der Waals surface area (Å²) in [5.41, 5.74) is 5.46. The molecule has 2 aromatic heterocycles. The molecule has 0 saturated heterocycles. The van der Waals surface area contributed by atoms with E-state index < -0.39 is 5.54 Å². The quantitative estimate of drug-likeness (QED) is 0.795. The first-order valence-electron chi connectivity index (χ1n) is 6.86. The number of aromatic nitrogens is 2. The third-order valence-corrected chi connectivity index (χ3v) is 4.13. The van der Waals surface area contributed by atoms with Gasteiger partial charge in [0.1, 0.15) is 5.54 Å². The minimum atomic E-state index is -0.734. The van der Waals surface area contributed by atoms with Crippen LogP contribution in [0.5, 0.6) is 0 Å². The van der Waals surface area contributed by atoms with Crippen molar-refractivity contribution in [3.63, 3.8) is 0 Å². The van der Waals surface area contributed by atoms with Crippen molar-refractivity contribution in [1.29, 1.82) is 0 Å². The highest BCUT2D eigenvalue weighted by Crippen LogP contribution is 2.28. The lowest BCUT2D eigenvalue weighted by Gasteiger charge is -2.19. The number of rotatable bonds is 7. The van der Waals surface area contributed by atoms with E-state index in [4.69, 9.17) is 15.0 Å². The molecule has 1 unspecified atom stereocenters. The maximum absolute atomic E-state index is 6.20. The van der Waals surface area contributed by atoms with Gasteiger partial charge in [0.2, 0.25) is 0 Å². The average molecular weight is 295 g/mol. The Kier molecular flexibility index (Phi) is 4.91. The van der Waals surface area contributed by atoms with Crippen molar-refractivity contribution in [3.8, 4) is 10.8 Å². The molecule has 0 aromatic carbocycles. The summed E-state index contributed by atoms with van der Waals surface area (Å²) in [4.78, 5) is 6.68. The molecule has 0 fully saturated rings. The van der Waals surface area contributed by atoms with Crippen molar-refractivity contribution < 1.29 is 9.26 Å². The number of aryl methyl sites for hydroxylation is 1. The summed E-state index contributed by atoms with van der Waals surface area (Å²) < 4.78 is 10.8. The number of hydrogen-bond donors (Lipinski definition) is 1. The SMILES string of the molecule is CCCOCC(C)(N)c1noc(-c2ccc(CC)s2)n1. The second kappa shape index (κ2) is 6.47. The van der Waals surface area contributed by atoms with Crippen LogP contribution < -0.4 is 5.73 Å². The van der Waals surface area contributed by atoms with Crippen LogP contribution in [-0.4, -0.2) is 23.4 Å². The van der Waals surface area contributed by atoms with E-state index in [2.05, 4.69) is 30.1 Å². The molecule has 0 amide bonds. The first kappa shape index (κ1) is 15.2. The van der Waals surface area contributed by atoms with Gasteiger partial charge in [0, 0.05) is 11.5 Å². The Morgan fingerprint density at radius 1 is 1.40 bits per heavy atom. The van der Waals surface area contributed by atoms with Crippen LogP contribution in [0.15, 0.2) is 16.7 Å². The van der Waals surface area contributed by atoms with Gasteiger partial charge in [0.25, 0.3) is 5.89 Å². The monoisotopic (exact) mass is 295 g/mol. The second-order valence-corrected chi connectivity index (χ2v) is 6.18. The Labute approximate surface area is 123 Å². The molecule has 2 rings (SSSR count). The molecule has 2 N–H and O–H groups in total. The summed E-state index contributed by atoms with van der Waals surface area (Å²) in [6.07, 6.45) is 1.97. The van der Waals surface area contributed by atoms with E-state index in [-0.39, 0.29) is 0 Å². The number of hydrogen-bond acceptors (Lipinski definition) is 6. The highest BCUT2D eigenvalue weighted by atomic mass is 32.1. The fourth-order valence-corrected chi connectivity index (χ4v) is 2.60. The lowest BCUT2D eigenvalue weighted by molar-refractivity contribution is 0.0867. The standard InChI is InChI=1S/C14H21N3O2S/c1-4-8-18-9-14(3,15)13-16-12(19-17-13)11-7-6-10(5-2)20-11/h6-7H,4-5,8-9,15H2,1-3H3. The predicted octanol–water partition coefficient (Wildman–Crippen LogP) is 2.96. The van der Waals surface area contributed by atoms with Crippen LogP contribution >= 0.6 is 11.3 Å². The van der Waals surface area contributed by atoms with E-state index in [0.717, 1.165) is 17.7 Å². The summed E-state index contributed by atoms with van der Waals surface area (Å²) in [6.45, 7) is 7.09. The Morgan fingerprint density at radius 3 is 2.85 bits per heavy atom. The molecule has 0 radical (unpaired) electrons. The number of thiophene rings is 1. The molecule has 6 heteroatoms. The van der Waals surface area contributed by atoms with Gasteiger partial charge in [-0.1, -0.05) is 19.0 Å². The van der Waals surface area contributed by atoms with Gasteiger partial charge in [-0.2, -0.15) is 4.98 Å². The summed E-state index contributed by atoms with van der Waals surface area (Å²) in [5, 5.41) is 3.99. The molecule has 0 saturated carbocycles.